The van der Waals surface area contributed by atoms with Crippen LogP contribution in [0.3, 0.4) is 0 Å². The van der Waals surface area contributed by atoms with Crippen LogP contribution in [0, 0.1) is 0 Å². The van der Waals surface area contributed by atoms with Gasteiger partial charge in [0.1, 0.15) is 0 Å². The number of amides is 1. The lowest BCUT2D eigenvalue weighted by Crippen LogP contribution is -2.39. The molecule has 2 aromatic carbocycles. The van der Waals surface area contributed by atoms with Gasteiger partial charge in [-0.25, -0.2) is 0 Å². The molecule has 1 N–H and O–H groups in total. The minimum Gasteiger partial charge on any atom is -0.361 e. The van der Waals surface area contributed by atoms with Crippen LogP contribution in [-0.2, 0) is 5.54 Å². The molecule has 3 heterocycles. The fraction of sp³-hybridized carbons (Fsp3) is 0.211. The molecule has 0 radical (unpaired) electrons. The highest BCUT2D eigenvalue weighted by molar-refractivity contribution is 6.02. The van der Waals surface area contributed by atoms with Crippen molar-refractivity contribution in [3.05, 3.63) is 71.4 Å². The van der Waals surface area contributed by atoms with E-state index in [0.717, 1.165) is 30.5 Å². The highest BCUT2D eigenvalue weighted by Crippen LogP contribution is 2.52. The molecule has 2 aliphatic heterocycles. The van der Waals surface area contributed by atoms with Crippen LogP contribution in [0.1, 0.15) is 34.3 Å². The van der Waals surface area contributed by atoms with E-state index in [1.165, 1.54) is 16.5 Å². The molecule has 1 saturated heterocycles. The van der Waals surface area contributed by atoms with Crippen LogP contribution in [0.4, 0.5) is 0 Å². The number of hydrogen-bond donors (Lipinski definition) is 1. The number of aromatic nitrogens is 1. The molecule has 1 amide bonds. The van der Waals surface area contributed by atoms with Crippen LogP contribution in [0.5, 0.6) is 0 Å². The van der Waals surface area contributed by atoms with E-state index in [-0.39, 0.29) is 11.4 Å². The fourth-order valence-corrected chi connectivity index (χ4v) is 4.42. The van der Waals surface area contributed by atoms with Crippen molar-refractivity contribution >= 4 is 16.8 Å². The SMILES string of the molecule is O=C1c2ccccc2C2(c3cccc4[nH]ccc34)CCCN12. The molecule has 1 fully saturated rings. The van der Waals surface area contributed by atoms with Crippen LogP contribution in [0.2, 0.25) is 0 Å². The van der Waals surface area contributed by atoms with E-state index in [1.807, 2.05) is 24.4 Å². The second kappa shape index (κ2) is 4.01. The van der Waals surface area contributed by atoms with Gasteiger partial charge in [0.2, 0.25) is 0 Å². The first kappa shape index (κ1) is 12.0. The maximum Gasteiger partial charge on any atom is 0.255 e. The van der Waals surface area contributed by atoms with Gasteiger partial charge in [0.15, 0.2) is 0 Å². The van der Waals surface area contributed by atoms with Gasteiger partial charge < -0.3 is 9.88 Å². The van der Waals surface area contributed by atoms with E-state index < -0.39 is 0 Å². The Balaban J connectivity index is 1.89. The third-order valence-electron chi connectivity index (χ3n) is 5.27. The summed E-state index contributed by atoms with van der Waals surface area (Å²) in [4.78, 5) is 18.2. The number of fused-ring (bicyclic) bond motifs is 4. The fourth-order valence-electron chi connectivity index (χ4n) is 4.42. The molecule has 3 nitrogen and oxygen atoms in total. The highest BCUT2D eigenvalue weighted by atomic mass is 16.2. The number of nitrogens with zero attached hydrogens (tertiary/aromatic N) is 1. The van der Waals surface area contributed by atoms with Crippen molar-refractivity contribution in [3.8, 4) is 0 Å². The zero-order chi connectivity index (χ0) is 14.7. The molecule has 3 heteroatoms. The predicted octanol–water partition coefficient (Wildman–Crippen LogP) is 3.66. The zero-order valence-electron chi connectivity index (χ0n) is 12.2. The molecule has 5 rings (SSSR count). The van der Waals surface area contributed by atoms with Crippen LogP contribution in [0.25, 0.3) is 10.9 Å². The monoisotopic (exact) mass is 288 g/mol. The van der Waals surface area contributed by atoms with Crippen LogP contribution in [-0.4, -0.2) is 22.3 Å². The number of aromatic amines is 1. The number of rotatable bonds is 1. The van der Waals surface area contributed by atoms with E-state index in [4.69, 9.17) is 0 Å². The Kier molecular flexibility index (Phi) is 2.19. The summed E-state index contributed by atoms with van der Waals surface area (Å²) in [7, 11) is 0. The minimum atomic E-state index is -0.282. The lowest BCUT2D eigenvalue weighted by atomic mass is 9.80. The first-order chi connectivity index (χ1) is 10.8. The quantitative estimate of drug-likeness (QED) is 0.729. The molecule has 0 spiro atoms. The maximum absolute atomic E-state index is 12.8. The summed E-state index contributed by atoms with van der Waals surface area (Å²) in [5, 5.41) is 1.22. The van der Waals surface area contributed by atoms with Crippen LogP contribution < -0.4 is 0 Å². The molecular formula is C19H16N2O. The van der Waals surface area contributed by atoms with Gasteiger partial charge in [-0.1, -0.05) is 30.3 Å². The molecule has 2 aliphatic rings. The van der Waals surface area contributed by atoms with Gasteiger partial charge in [-0.2, -0.15) is 0 Å². The number of H-pyrrole nitrogens is 1. The van der Waals surface area contributed by atoms with Crippen molar-refractivity contribution in [2.75, 3.05) is 6.54 Å². The van der Waals surface area contributed by atoms with Crippen molar-refractivity contribution in [3.63, 3.8) is 0 Å². The topological polar surface area (TPSA) is 36.1 Å². The van der Waals surface area contributed by atoms with Gasteiger partial charge in [-0.3, -0.25) is 4.79 Å². The second-order valence-corrected chi connectivity index (χ2v) is 6.21. The third kappa shape index (κ3) is 1.25. The summed E-state index contributed by atoms with van der Waals surface area (Å²) in [5.74, 6) is 0.181. The van der Waals surface area contributed by atoms with Crippen molar-refractivity contribution in [1.82, 2.24) is 9.88 Å². The number of carbonyl (C=O) groups excluding carboxylic acids is 1. The highest BCUT2D eigenvalue weighted by Gasteiger charge is 2.53. The lowest BCUT2D eigenvalue weighted by Gasteiger charge is -2.34. The van der Waals surface area contributed by atoms with Crippen molar-refractivity contribution in [1.29, 1.82) is 0 Å². The van der Waals surface area contributed by atoms with Crippen molar-refractivity contribution in [2.45, 2.75) is 18.4 Å². The second-order valence-electron chi connectivity index (χ2n) is 6.21. The average Bonchev–Trinajstić information content (AvgIpc) is 3.24. The summed E-state index contributed by atoms with van der Waals surface area (Å²) in [6.45, 7) is 0.842. The van der Waals surface area contributed by atoms with Gasteiger partial charge in [-0.05, 0) is 42.2 Å². The van der Waals surface area contributed by atoms with Gasteiger partial charge in [0.05, 0.1) is 5.54 Å². The van der Waals surface area contributed by atoms with Gasteiger partial charge in [0, 0.05) is 29.2 Å². The molecule has 1 atom stereocenters. The number of carbonyl (C=O) groups is 1. The molecular weight excluding hydrogens is 272 g/mol. The summed E-state index contributed by atoms with van der Waals surface area (Å²) >= 11 is 0. The van der Waals surface area contributed by atoms with Gasteiger partial charge in [0.25, 0.3) is 5.91 Å². The van der Waals surface area contributed by atoms with E-state index in [0.29, 0.717) is 0 Å². The van der Waals surface area contributed by atoms with Crippen LogP contribution in [0.15, 0.2) is 54.7 Å². The van der Waals surface area contributed by atoms with Crippen molar-refractivity contribution < 1.29 is 4.79 Å². The van der Waals surface area contributed by atoms with E-state index in [9.17, 15) is 4.79 Å². The maximum atomic E-state index is 12.8. The Bertz CT molecular complexity index is 910. The molecule has 22 heavy (non-hydrogen) atoms. The molecule has 0 saturated carbocycles. The predicted molar refractivity (Wildman–Crippen MR) is 85.8 cm³/mol. The number of nitrogens with one attached hydrogen (secondary N) is 1. The van der Waals surface area contributed by atoms with Crippen molar-refractivity contribution in [2.24, 2.45) is 0 Å². The van der Waals surface area contributed by atoms with Gasteiger partial charge >= 0.3 is 0 Å². The van der Waals surface area contributed by atoms with E-state index in [2.05, 4.69) is 40.2 Å². The Morgan fingerprint density at radius 2 is 1.86 bits per heavy atom. The molecule has 0 aliphatic carbocycles. The summed E-state index contributed by atoms with van der Waals surface area (Å²) in [5.41, 5.74) is 4.15. The average molecular weight is 288 g/mol. The summed E-state index contributed by atoms with van der Waals surface area (Å²) < 4.78 is 0. The Hall–Kier alpha value is -2.55. The largest absolute Gasteiger partial charge is 0.361 e. The number of benzene rings is 2. The van der Waals surface area contributed by atoms with Gasteiger partial charge in [-0.15, -0.1) is 0 Å². The Morgan fingerprint density at radius 3 is 2.82 bits per heavy atom. The number of hydrogen-bond acceptors (Lipinski definition) is 1. The van der Waals surface area contributed by atoms with Crippen LogP contribution >= 0.6 is 0 Å². The normalized spacial score (nSPS) is 23.1. The molecule has 1 unspecified atom stereocenters. The Labute approximate surface area is 128 Å². The standard InChI is InChI=1S/C19H16N2O/c22-18-14-5-1-2-6-16(14)19(10-4-12-21(18)19)15-7-3-8-17-13(15)9-11-20-17/h1-3,5-9,11,20H,4,10,12H2. The molecule has 3 aromatic rings. The minimum absolute atomic E-state index is 0.181. The summed E-state index contributed by atoms with van der Waals surface area (Å²) in [6, 6.07) is 16.6. The van der Waals surface area contributed by atoms with E-state index in [1.54, 1.807) is 0 Å². The molecule has 0 bridgehead atoms. The zero-order valence-corrected chi connectivity index (χ0v) is 12.2. The first-order valence-corrected chi connectivity index (χ1v) is 7.80. The smallest absolute Gasteiger partial charge is 0.255 e. The lowest BCUT2D eigenvalue weighted by molar-refractivity contribution is 0.0713. The Morgan fingerprint density at radius 1 is 1.00 bits per heavy atom. The molecule has 1 aromatic heterocycles. The summed E-state index contributed by atoms with van der Waals surface area (Å²) in [6.07, 6.45) is 4.04. The van der Waals surface area contributed by atoms with E-state index >= 15 is 0 Å². The molecule has 108 valence electrons. The third-order valence-corrected chi connectivity index (χ3v) is 5.27. The first-order valence-electron chi connectivity index (χ1n) is 7.80.